The predicted octanol–water partition coefficient (Wildman–Crippen LogP) is 2.08. The number of H-pyrrole nitrogens is 1. The van der Waals surface area contributed by atoms with Crippen LogP contribution in [0.25, 0.3) is 22.5 Å². The van der Waals surface area contributed by atoms with Gasteiger partial charge in [-0.05, 0) is 24.3 Å². The maximum atomic E-state index is 14.1. The van der Waals surface area contributed by atoms with Gasteiger partial charge in [-0.1, -0.05) is 18.2 Å². The van der Waals surface area contributed by atoms with Crippen molar-refractivity contribution >= 4 is 5.91 Å². The summed E-state index contributed by atoms with van der Waals surface area (Å²) in [4.78, 5) is 15.0. The van der Waals surface area contributed by atoms with Crippen molar-refractivity contribution in [3.8, 4) is 28.3 Å². The fraction of sp³-hybridized carbons (Fsp3) is 0. The second-order valence-corrected chi connectivity index (χ2v) is 4.58. The molecule has 0 aliphatic heterocycles. The highest BCUT2D eigenvalue weighted by Gasteiger charge is 2.14. The summed E-state index contributed by atoms with van der Waals surface area (Å²) >= 11 is 0. The molecule has 2 aromatic carbocycles. The molecule has 0 aliphatic carbocycles. The Morgan fingerprint density at radius 1 is 1.18 bits per heavy atom. The average molecular weight is 298 g/mol. The van der Waals surface area contributed by atoms with E-state index >= 15 is 0 Å². The number of nitrogens with one attached hydrogen (secondary N) is 1. The minimum absolute atomic E-state index is 0.0358. The zero-order chi connectivity index (χ0) is 15.7. The fourth-order valence-corrected chi connectivity index (χ4v) is 2.07. The lowest BCUT2D eigenvalue weighted by Crippen LogP contribution is -2.12. The van der Waals surface area contributed by atoms with Crippen molar-refractivity contribution in [2.24, 2.45) is 5.73 Å². The van der Waals surface area contributed by atoms with Gasteiger partial charge in [0.2, 0.25) is 5.82 Å². The van der Waals surface area contributed by atoms with E-state index < -0.39 is 11.7 Å². The number of halogens is 1. The number of aromatic nitrogens is 3. The molecule has 1 aromatic heterocycles. The van der Waals surface area contributed by atoms with E-state index in [1.165, 1.54) is 24.3 Å². The molecule has 0 bridgehead atoms. The van der Waals surface area contributed by atoms with Crippen LogP contribution < -0.4 is 5.73 Å². The molecule has 0 saturated carbocycles. The standard InChI is InChI=1S/C15H11FN4O2/c16-11-6-5-8(14-18-15(13(17)22)20-19-14)7-10(11)9-3-1-2-4-12(9)21/h1-7,21H,(H2,17,22)(H,18,19,20). The molecular formula is C15H11FN4O2. The first-order chi connectivity index (χ1) is 10.6. The normalized spacial score (nSPS) is 10.6. The van der Waals surface area contributed by atoms with Gasteiger partial charge in [-0.25, -0.2) is 9.37 Å². The van der Waals surface area contributed by atoms with Crippen molar-refractivity contribution in [1.29, 1.82) is 0 Å². The first-order valence-electron chi connectivity index (χ1n) is 6.37. The van der Waals surface area contributed by atoms with Crippen LogP contribution in [0.1, 0.15) is 10.6 Å². The van der Waals surface area contributed by atoms with Gasteiger partial charge in [-0.15, -0.1) is 0 Å². The maximum Gasteiger partial charge on any atom is 0.286 e. The van der Waals surface area contributed by atoms with Crippen LogP contribution in [-0.2, 0) is 0 Å². The quantitative estimate of drug-likeness (QED) is 0.688. The number of nitrogens with two attached hydrogens (primary N) is 1. The van der Waals surface area contributed by atoms with Crippen LogP contribution in [0.3, 0.4) is 0 Å². The molecule has 0 unspecified atom stereocenters. The molecule has 3 aromatic rings. The van der Waals surface area contributed by atoms with Gasteiger partial charge in [0.1, 0.15) is 11.6 Å². The molecule has 6 nitrogen and oxygen atoms in total. The van der Waals surface area contributed by atoms with Crippen LogP contribution in [0.15, 0.2) is 42.5 Å². The Hall–Kier alpha value is -3.22. The van der Waals surface area contributed by atoms with Crippen LogP contribution in [0, 0.1) is 5.82 Å². The first-order valence-corrected chi connectivity index (χ1v) is 6.37. The number of amides is 1. The lowest BCUT2D eigenvalue weighted by atomic mass is 10.0. The molecule has 3 rings (SSSR count). The number of phenolic OH excluding ortho intramolecular Hbond substituents is 1. The molecule has 1 heterocycles. The van der Waals surface area contributed by atoms with E-state index in [4.69, 9.17) is 5.73 Å². The number of rotatable bonds is 3. The van der Waals surface area contributed by atoms with Gasteiger partial charge < -0.3 is 10.8 Å². The second kappa shape index (κ2) is 5.28. The summed E-state index contributed by atoms with van der Waals surface area (Å²) in [6.07, 6.45) is 0. The Kier molecular flexibility index (Phi) is 3.30. The molecule has 0 saturated heterocycles. The second-order valence-electron chi connectivity index (χ2n) is 4.58. The van der Waals surface area contributed by atoms with Gasteiger partial charge in [-0.2, -0.15) is 5.10 Å². The third-order valence-electron chi connectivity index (χ3n) is 3.14. The number of phenols is 1. The van der Waals surface area contributed by atoms with Gasteiger partial charge >= 0.3 is 0 Å². The summed E-state index contributed by atoms with van der Waals surface area (Å²) in [5.41, 5.74) is 6.16. The van der Waals surface area contributed by atoms with E-state index in [1.807, 2.05) is 0 Å². The number of hydrogen-bond donors (Lipinski definition) is 3. The van der Waals surface area contributed by atoms with Crippen LogP contribution in [-0.4, -0.2) is 26.2 Å². The van der Waals surface area contributed by atoms with Gasteiger partial charge in [-0.3, -0.25) is 9.89 Å². The highest BCUT2D eigenvalue weighted by molar-refractivity contribution is 5.89. The van der Waals surface area contributed by atoms with Crippen molar-refractivity contribution in [3.63, 3.8) is 0 Å². The summed E-state index contributed by atoms with van der Waals surface area (Å²) in [6, 6.07) is 10.6. The van der Waals surface area contributed by atoms with Crippen molar-refractivity contribution in [3.05, 3.63) is 54.1 Å². The zero-order valence-electron chi connectivity index (χ0n) is 11.2. The molecular weight excluding hydrogens is 287 g/mol. The molecule has 7 heteroatoms. The summed E-state index contributed by atoms with van der Waals surface area (Å²) in [7, 11) is 0. The van der Waals surface area contributed by atoms with E-state index in [1.54, 1.807) is 18.2 Å². The number of carbonyl (C=O) groups is 1. The number of para-hydroxylation sites is 1. The molecule has 0 atom stereocenters. The van der Waals surface area contributed by atoms with Gasteiger partial charge in [0, 0.05) is 16.7 Å². The largest absolute Gasteiger partial charge is 0.507 e. The molecule has 110 valence electrons. The predicted molar refractivity (Wildman–Crippen MR) is 77.4 cm³/mol. The third kappa shape index (κ3) is 2.39. The Bertz CT molecular complexity index is 860. The SMILES string of the molecule is NC(=O)c1nc(-c2ccc(F)c(-c3ccccc3O)c2)n[nH]1. The lowest BCUT2D eigenvalue weighted by molar-refractivity contribution is 0.0991. The van der Waals surface area contributed by atoms with Crippen LogP contribution in [0.4, 0.5) is 4.39 Å². The topological polar surface area (TPSA) is 105 Å². The van der Waals surface area contributed by atoms with Crippen molar-refractivity contribution in [2.45, 2.75) is 0 Å². The van der Waals surface area contributed by atoms with E-state index in [9.17, 15) is 14.3 Å². The van der Waals surface area contributed by atoms with Crippen LogP contribution >= 0.6 is 0 Å². The molecule has 0 fully saturated rings. The number of carbonyl (C=O) groups excluding carboxylic acids is 1. The highest BCUT2D eigenvalue weighted by Crippen LogP contribution is 2.33. The van der Waals surface area contributed by atoms with Crippen molar-refractivity contribution < 1.29 is 14.3 Å². The molecule has 0 spiro atoms. The number of aromatic amines is 1. The van der Waals surface area contributed by atoms with E-state index in [2.05, 4.69) is 15.2 Å². The monoisotopic (exact) mass is 298 g/mol. The van der Waals surface area contributed by atoms with Crippen LogP contribution in [0.5, 0.6) is 5.75 Å². The van der Waals surface area contributed by atoms with Crippen molar-refractivity contribution in [2.75, 3.05) is 0 Å². The maximum absolute atomic E-state index is 14.1. The average Bonchev–Trinajstić information content (AvgIpc) is 2.99. The molecule has 0 aliphatic rings. The molecule has 1 amide bonds. The molecule has 22 heavy (non-hydrogen) atoms. The minimum atomic E-state index is -0.734. The Labute approximate surface area is 124 Å². The van der Waals surface area contributed by atoms with E-state index in [0.29, 0.717) is 11.1 Å². The number of benzene rings is 2. The molecule has 0 radical (unpaired) electrons. The lowest BCUT2D eigenvalue weighted by Gasteiger charge is -2.07. The summed E-state index contributed by atoms with van der Waals surface area (Å²) in [6.45, 7) is 0. The summed E-state index contributed by atoms with van der Waals surface area (Å²) in [5.74, 6) is -1.13. The van der Waals surface area contributed by atoms with Gasteiger partial charge in [0.15, 0.2) is 5.82 Å². The molecule has 4 N–H and O–H groups in total. The Morgan fingerprint density at radius 3 is 2.64 bits per heavy atom. The minimum Gasteiger partial charge on any atom is -0.507 e. The fourth-order valence-electron chi connectivity index (χ4n) is 2.07. The van der Waals surface area contributed by atoms with E-state index in [-0.39, 0.29) is 23.0 Å². The summed E-state index contributed by atoms with van der Waals surface area (Å²) < 4.78 is 14.1. The number of hydrogen-bond acceptors (Lipinski definition) is 4. The number of primary amides is 1. The van der Waals surface area contributed by atoms with Gasteiger partial charge in [0.05, 0.1) is 0 Å². The van der Waals surface area contributed by atoms with Crippen molar-refractivity contribution in [1.82, 2.24) is 15.2 Å². The highest BCUT2D eigenvalue weighted by atomic mass is 19.1. The Morgan fingerprint density at radius 2 is 1.95 bits per heavy atom. The van der Waals surface area contributed by atoms with Gasteiger partial charge in [0.25, 0.3) is 5.91 Å². The van der Waals surface area contributed by atoms with E-state index in [0.717, 1.165) is 0 Å². The third-order valence-corrected chi connectivity index (χ3v) is 3.14. The number of aromatic hydroxyl groups is 1. The zero-order valence-corrected chi connectivity index (χ0v) is 11.2. The Balaban J connectivity index is 2.10. The van der Waals surface area contributed by atoms with Crippen LogP contribution in [0.2, 0.25) is 0 Å². The smallest absolute Gasteiger partial charge is 0.286 e. The first kappa shape index (κ1) is 13.7. The summed E-state index contributed by atoms with van der Waals surface area (Å²) in [5, 5.41) is 16.1. The number of nitrogens with zero attached hydrogens (tertiary/aromatic N) is 2.